The van der Waals surface area contributed by atoms with Gasteiger partial charge in [-0.2, -0.15) is 0 Å². The van der Waals surface area contributed by atoms with Crippen LogP contribution in [0, 0.1) is 20.8 Å². The van der Waals surface area contributed by atoms with Crippen LogP contribution in [-0.2, 0) is 19.6 Å². The number of nitrogens with zero attached hydrogens (tertiary/aromatic N) is 1. The fourth-order valence-corrected chi connectivity index (χ4v) is 5.09. The zero-order valence-electron chi connectivity index (χ0n) is 15.8. The first-order valence-corrected chi connectivity index (χ1v) is 10.6. The summed E-state index contributed by atoms with van der Waals surface area (Å²) in [5, 5.41) is 3.25. The van der Waals surface area contributed by atoms with Gasteiger partial charge in [0.25, 0.3) is 10.0 Å². The Morgan fingerprint density at radius 2 is 1.79 bits per heavy atom. The summed E-state index contributed by atoms with van der Waals surface area (Å²) in [4.78, 5) is 25.2. The highest BCUT2D eigenvalue weighted by molar-refractivity contribution is 7.89. The van der Waals surface area contributed by atoms with Gasteiger partial charge in [0, 0.05) is 17.1 Å². The van der Waals surface area contributed by atoms with Crippen LogP contribution in [0.15, 0.2) is 41.3 Å². The van der Waals surface area contributed by atoms with Gasteiger partial charge in [0.1, 0.15) is 6.04 Å². The third kappa shape index (κ3) is 3.77. The minimum absolute atomic E-state index is 0.00175. The summed E-state index contributed by atoms with van der Waals surface area (Å²) in [6.45, 7) is 5.45. The molecule has 0 aliphatic carbocycles. The first-order valence-electron chi connectivity index (χ1n) is 8.83. The zero-order valence-corrected chi connectivity index (χ0v) is 17.4. The van der Waals surface area contributed by atoms with Crippen molar-refractivity contribution in [1.82, 2.24) is 4.31 Å². The van der Waals surface area contributed by atoms with E-state index in [0.717, 1.165) is 21.0 Å². The fourth-order valence-electron chi connectivity index (χ4n) is 3.17. The van der Waals surface area contributed by atoms with Gasteiger partial charge in [-0.05, 0) is 74.2 Å². The SMILES string of the molecule is Cc1ccc(S(=O)(=O)N2C(=O)CCC2C(=O)Nc2ccc(Cl)cc2C)cc1C. The van der Waals surface area contributed by atoms with E-state index in [1.807, 2.05) is 6.92 Å². The number of hydrogen-bond donors (Lipinski definition) is 1. The van der Waals surface area contributed by atoms with Crippen LogP contribution in [0.2, 0.25) is 5.02 Å². The van der Waals surface area contributed by atoms with Crippen molar-refractivity contribution in [3.63, 3.8) is 0 Å². The molecular formula is C20H21ClN2O4S. The first kappa shape index (κ1) is 20.4. The number of benzene rings is 2. The number of carbonyl (C=O) groups is 2. The summed E-state index contributed by atoms with van der Waals surface area (Å²) < 4.78 is 26.9. The van der Waals surface area contributed by atoms with Crippen LogP contribution in [0.3, 0.4) is 0 Å². The summed E-state index contributed by atoms with van der Waals surface area (Å²) in [5.41, 5.74) is 3.01. The number of halogens is 1. The molecule has 0 spiro atoms. The highest BCUT2D eigenvalue weighted by atomic mass is 35.5. The summed E-state index contributed by atoms with van der Waals surface area (Å²) in [6, 6.07) is 8.56. The Morgan fingerprint density at radius 3 is 2.43 bits per heavy atom. The van der Waals surface area contributed by atoms with E-state index in [0.29, 0.717) is 10.7 Å². The second-order valence-electron chi connectivity index (χ2n) is 6.94. The summed E-state index contributed by atoms with van der Waals surface area (Å²) in [7, 11) is -4.13. The predicted octanol–water partition coefficient (Wildman–Crippen LogP) is 3.58. The molecule has 0 aromatic heterocycles. The Balaban J connectivity index is 1.92. The van der Waals surface area contributed by atoms with Gasteiger partial charge in [-0.25, -0.2) is 12.7 Å². The van der Waals surface area contributed by atoms with Crippen LogP contribution < -0.4 is 5.32 Å². The van der Waals surface area contributed by atoms with E-state index in [2.05, 4.69) is 5.32 Å². The lowest BCUT2D eigenvalue weighted by Gasteiger charge is -2.24. The number of anilines is 1. The van der Waals surface area contributed by atoms with Gasteiger partial charge in [-0.15, -0.1) is 0 Å². The van der Waals surface area contributed by atoms with Gasteiger partial charge in [-0.3, -0.25) is 9.59 Å². The van der Waals surface area contributed by atoms with Gasteiger partial charge >= 0.3 is 0 Å². The smallest absolute Gasteiger partial charge is 0.267 e. The topological polar surface area (TPSA) is 83.6 Å². The molecule has 1 fully saturated rings. The van der Waals surface area contributed by atoms with Gasteiger partial charge in [0.2, 0.25) is 11.8 Å². The van der Waals surface area contributed by atoms with E-state index in [9.17, 15) is 18.0 Å². The average Bonchev–Trinajstić information content (AvgIpc) is 3.02. The molecule has 1 saturated heterocycles. The number of amides is 2. The van der Waals surface area contributed by atoms with Crippen molar-refractivity contribution >= 4 is 39.1 Å². The van der Waals surface area contributed by atoms with E-state index in [-0.39, 0.29) is 17.7 Å². The molecule has 1 aliphatic rings. The Hall–Kier alpha value is -2.38. The molecule has 3 rings (SSSR count). The molecule has 1 unspecified atom stereocenters. The molecule has 6 nitrogen and oxygen atoms in total. The molecule has 2 aromatic carbocycles. The maximum absolute atomic E-state index is 13.1. The molecule has 0 saturated carbocycles. The molecule has 0 radical (unpaired) electrons. The number of rotatable bonds is 4. The highest BCUT2D eigenvalue weighted by Gasteiger charge is 2.44. The Bertz CT molecular complexity index is 1070. The van der Waals surface area contributed by atoms with Crippen LogP contribution in [-0.4, -0.2) is 30.6 Å². The molecule has 1 N–H and O–H groups in total. The first-order chi connectivity index (χ1) is 13.1. The zero-order chi connectivity index (χ0) is 20.6. The monoisotopic (exact) mass is 420 g/mol. The van der Waals surface area contributed by atoms with Crippen molar-refractivity contribution in [1.29, 1.82) is 0 Å². The van der Waals surface area contributed by atoms with Crippen molar-refractivity contribution in [2.75, 3.05) is 5.32 Å². The molecule has 1 atom stereocenters. The van der Waals surface area contributed by atoms with E-state index in [1.165, 1.54) is 12.1 Å². The maximum atomic E-state index is 13.1. The number of nitrogens with one attached hydrogen (secondary N) is 1. The minimum atomic E-state index is -4.13. The average molecular weight is 421 g/mol. The van der Waals surface area contributed by atoms with Crippen molar-refractivity contribution in [2.45, 2.75) is 44.6 Å². The number of hydrogen-bond acceptors (Lipinski definition) is 4. The van der Waals surface area contributed by atoms with Gasteiger partial charge in [0.15, 0.2) is 0 Å². The van der Waals surface area contributed by atoms with Crippen LogP contribution in [0.1, 0.15) is 29.5 Å². The molecule has 2 amide bonds. The minimum Gasteiger partial charge on any atom is -0.324 e. The van der Waals surface area contributed by atoms with Crippen molar-refractivity contribution in [2.24, 2.45) is 0 Å². The Labute approximate surface area is 169 Å². The summed E-state index contributed by atoms with van der Waals surface area (Å²) >= 11 is 5.93. The molecule has 8 heteroatoms. The Kier molecular flexibility index (Phi) is 5.50. The maximum Gasteiger partial charge on any atom is 0.267 e. The van der Waals surface area contributed by atoms with Gasteiger partial charge in [-0.1, -0.05) is 17.7 Å². The lowest BCUT2D eigenvalue weighted by Crippen LogP contribution is -2.45. The van der Waals surface area contributed by atoms with E-state index >= 15 is 0 Å². The molecule has 2 aromatic rings. The number of carbonyl (C=O) groups excluding carboxylic acids is 2. The summed E-state index contributed by atoms with van der Waals surface area (Å²) in [6.07, 6.45) is 0.142. The van der Waals surface area contributed by atoms with Crippen molar-refractivity contribution in [3.05, 3.63) is 58.1 Å². The second-order valence-corrected chi connectivity index (χ2v) is 9.19. The van der Waals surface area contributed by atoms with E-state index < -0.39 is 27.9 Å². The molecular weight excluding hydrogens is 400 g/mol. The number of aryl methyl sites for hydroxylation is 3. The molecule has 1 heterocycles. The van der Waals surface area contributed by atoms with Gasteiger partial charge < -0.3 is 5.32 Å². The van der Waals surface area contributed by atoms with E-state index in [1.54, 1.807) is 38.1 Å². The second kappa shape index (κ2) is 7.56. The van der Waals surface area contributed by atoms with Gasteiger partial charge in [0.05, 0.1) is 4.90 Å². The van der Waals surface area contributed by atoms with E-state index in [4.69, 9.17) is 11.6 Å². The largest absolute Gasteiger partial charge is 0.324 e. The van der Waals surface area contributed by atoms with Crippen LogP contribution >= 0.6 is 11.6 Å². The lowest BCUT2D eigenvalue weighted by molar-refractivity contribution is -0.128. The van der Waals surface area contributed by atoms with Crippen LogP contribution in [0.25, 0.3) is 0 Å². The van der Waals surface area contributed by atoms with Crippen LogP contribution in [0.4, 0.5) is 5.69 Å². The van der Waals surface area contributed by atoms with Crippen molar-refractivity contribution in [3.8, 4) is 0 Å². The third-order valence-corrected chi connectivity index (χ3v) is 7.01. The molecule has 148 valence electrons. The normalized spacial score (nSPS) is 17.1. The molecule has 1 aliphatic heterocycles. The highest BCUT2D eigenvalue weighted by Crippen LogP contribution is 2.29. The van der Waals surface area contributed by atoms with Crippen LogP contribution in [0.5, 0.6) is 0 Å². The predicted molar refractivity (Wildman–Crippen MR) is 108 cm³/mol. The number of sulfonamides is 1. The standard InChI is InChI=1S/C20H21ClN2O4S/c1-12-4-6-16(11-13(12)2)28(26,27)23-18(8-9-19(23)24)20(25)22-17-7-5-15(21)10-14(17)3/h4-7,10-11,18H,8-9H2,1-3H3,(H,22,25). The third-order valence-electron chi connectivity index (χ3n) is 4.94. The molecule has 0 bridgehead atoms. The lowest BCUT2D eigenvalue weighted by atomic mass is 10.1. The summed E-state index contributed by atoms with van der Waals surface area (Å²) in [5.74, 6) is -1.12. The quantitative estimate of drug-likeness (QED) is 0.819. The Morgan fingerprint density at radius 1 is 1.07 bits per heavy atom. The molecule has 28 heavy (non-hydrogen) atoms. The van der Waals surface area contributed by atoms with Crippen molar-refractivity contribution < 1.29 is 18.0 Å². The fraction of sp³-hybridized carbons (Fsp3) is 0.300.